The Labute approximate surface area is 191 Å². The Hall–Kier alpha value is 2.12. The Morgan fingerprint density at radius 2 is 1.78 bits per heavy atom. The molecule has 1 unspecified atom stereocenters. The van der Waals surface area contributed by atoms with E-state index in [-0.39, 0.29) is 109 Å². The van der Waals surface area contributed by atoms with E-state index in [4.69, 9.17) is 9.66 Å². The molecule has 0 bridgehead atoms. The van der Waals surface area contributed by atoms with Gasteiger partial charge in [-0.1, -0.05) is 13.3 Å². The summed E-state index contributed by atoms with van der Waals surface area (Å²) >= 11 is 0. The molecule has 0 heterocycles. The molecule has 18 heavy (non-hydrogen) atoms. The molecule has 0 aliphatic rings. The topological polar surface area (TPSA) is 118 Å². The Bertz CT molecular complexity index is 354. The third kappa shape index (κ3) is 11.9. The van der Waals surface area contributed by atoms with E-state index in [1.54, 1.807) is 0 Å². The molecule has 0 fully saturated rings. The molecule has 0 amide bonds. The van der Waals surface area contributed by atoms with Crippen molar-refractivity contribution < 1.29 is 32.4 Å². The summed E-state index contributed by atoms with van der Waals surface area (Å²) in [6.45, 7) is 1.84. The number of carboxylic acids is 1. The number of ether oxygens (including phenoxy) is 1. The van der Waals surface area contributed by atoms with Crippen LogP contribution in [0.15, 0.2) is 0 Å². The average Bonchev–Trinajstić information content (AvgIpc) is 2.12. The zero-order valence-corrected chi connectivity index (χ0v) is 9.57. The molecule has 98 valence electrons. The maximum atomic E-state index is 11.2. The summed E-state index contributed by atoms with van der Waals surface area (Å²) in [6.07, 6.45) is 0.267. The summed E-state index contributed by atoms with van der Waals surface area (Å²) in [6, 6.07) is 0. The third-order valence-electron chi connectivity index (χ3n) is 1.72. The van der Waals surface area contributed by atoms with Gasteiger partial charge in [-0.2, -0.15) is 8.42 Å². The Kier molecular flexibility index (Phi) is 17.9. The summed E-state index contributed by atoms with van der Waals surface area (Å²) in [5.41, 5.74) is 0. The van der Waals surface area contributed by atoms with Crippen LogP contribution in [0.25, 0.3) is 0 Å². The van der Waals surface area contributed by atoms with Gasteiger partial charge in [-0.05, 0) is 6.42 Å². The van der Waals surface area contributed by atoms with Crippen molar-refractivity contribution in [1.29, 1.82) is 0 Å². The van der Waals surface area contributed by atoms with Gasteiger partial charge in [0.2, 0.25) is 0 Å². The molecule has 10 heteroatoms. The predicted molar refractivity (Wildman–Crippen MR) is 67.8 cm³/mol. The molecule has 0 aromatic rings. The van der Waals surface area contributed by atoms with Gasteiger partial charge < -0.3 is 9.84 Å². The van der Waals surface area contributed by atoms with Gasteiger partial charge in [-0.15, -0.1) is 0 Å². The molecule has 0 radical (unpaired) electrons. The van der Waals surface area contributed by atoms with Crippen LogP contribution in [0.1, 0.15) is 26.2 Å². The van der Waals surface area contributed by atoms with Crippen LogP contribution in [-0.4, -0.2) is 145 Å². The van der Waals surface area contributed by atoms with Crippen LogP contribution in [0, 0.1) is 0 Å². The van der Waals surface area contributed by atoms with Gasteiger partial charge in [-0.25, -0.2) is 0 Å². The zero-order valence-electron chi connectivity index (χ0n) is 8.75. The molecule has 0 aliphatic carbocycles. The molecular formula is C8H16K2O7S. The number of aliphatic carboxylic acids is 1. The van der Waals surface area contributed by atoms with Crippen molar-refractivity contribution in [3.05, 3.63) is 0 Å². The number of carbonyl (C=O) groups is 2. The second-order valence-corrected chi connectivity index (χ2v) is 4.72. The average molecular weight is 334 g/mol. The van der Waals surface area contributed by atoms with Crippen LogP contribution >= 0.6 is 0 Å². The van der Waals surface area contributed by atoms with E-state index in [0.29, 0.717) is 6.42 Å². The van der Waals surface area contributed by atoms with E-state index >= 15 is 0 Å². The van der Waals surface area contributed by atoms with Crippen LogP contribution in [0.5, 0.6) is 0 Å². The SMILES string of the molecule is CCCCOC(=O)C(CC(=O)O)S(=O)(=O)O.[KH].[KH]. The van der Waals surface area contributed by atoms with Crippen LogP contribution in [0.3, 0.4) is 0 Å². The van der Waals surface area contributed by atoms with Gasteiger partial charge in [0, 0.05) is 0 Å². The van der Waals surface area contributed by atoms with E-state index in [0.717, 1.165) is 6.42 Å². The predicted octanol–water partition coefficient (Wildman–Crippen LogP) is -1.24. The van der Waals surface area contributed by atoms with Gasteiger partial charge in [0.25, 0.3) is 10.1 Å². The van der Waals surface area contributed by atoms with Gasteiger partial charge >= 0.3 is 115 Å². The minimum absolute atomic E-state index is 0. The van der Waals surface area contributed by atoms with Crippen molar-refractivity contribution in [2.45, 2.75) is 31.4 Å². The molecule has 0 saturated heterocycles. The molecule has 1 atom stereocenters. The maximum absolute atomic E-state index is 11.2. The van der Waals surface area contributed by atoms with E-state index in [1.165, 1.54) is 0 Å². The molecular weight excluding hydrogens is 318 g/mol. The monoisotopic (exact) mass is 334 g/mol. The first kappa shape index (κ1) is 25.1. The van der Waals surface area contributed by atoms with Crippen molar-refractivity contribution in [3.8, 4) is 0 Å². The second kappa shape index (κ2) is 12.8. The van der Waals surface area contributed by atoms with Crippen molar-refractivity contribution in [2.75, 3.05) is 6.61 Å². The Morgan fingerprint density at radius 3 is 2.11 bits per heavy atom. The van der Waals surface area contributed by atoms with Crippen LogP contribution in [0.2, 0.25) is 0 Å². The number of carboxylic acid groups (broad SMARTS) is 1. The standard InChI is InChI=1S/C8H14O7S.2K.2H/c1-2-3-4-15-8(11)6(5-7(9)10)16(12,13)14;;;;/h6H,2-5H2,1H3,(H,9,10)(H,12,13,14);;;;. The molecule has 0 aliphatic heterocycles. The fraction of sp³-hybridized carbons (Fsp3) is 0.750. The van der Waals surface area contributed by atoms with Crippen molar-refractivity contribution >= 4 is 125 Å². The van der Waals surface area contributed by atoms with Crippen LogP contribution in [-0.2, 0) is 24.4 Å². The number of hydrogen-bond acceptors (Lipinski definition) is 5. The van der Waals surface area contributed by atoms with E-state index < -0.39 is 33.7 Å². The molecule has 0 rings (SSSR count). The summed E-state index contributed by atoms with van der Waals surface area (Å²) in [5, 5.41) is 6.33. The van der Waals surface area contributed by atoms with E-state index in [1.807, 2.05) is 6.92 Å². The summed E-state index contributed by atoms with van der Waals surface area (Å²) in [5.74, 6) is -2.74. The third-order valence-corrected chi connectivity index (χ3v) is 2.80. The molecule has 0 spiro atoms. The minimum atomic E-state index is -4.75. The van der Waals surface area contributed by atoms with Crippen molar-refractivity contribution in [1.82, 2.24) is 0 Å². The van der Waals surface area contributed by atoms with Crippen LogP contribution < -0.4 is 0 Å². The fourth-order valence-electron chi connectivity index (χ4n) is 0.879. The quantitative estimate of drug-likeness (QED) is 0.259. The summed E-state index contributed by atoms with van der Waals surface area (Å²) in [7, 11) is -4.75. The first-order chi connectivity index (χ1) is 7.29. The Morgan fingerprint density at radius 1 is 1.28 bits per heavy atom. The fourth-order valence-corrected chi connectivity index (χ4v) is 1.54. The van der Waals surface area contributed by atoms with Gasteiger partial charge in [0.15, 0.2) is 5.25 Å². The molecule has 0 aromatic carbocycles. The van der Waals surface area contributed by atoms with E-state index in [2.05, 4.69) is 4.74 Å². The summed E-state index contributed by atoms with van der Waals surface area (Å²) in [4.78, 5) is 21.5. The van der Waals surface area contributed by atoms with Gasteiger partial charge in [0.05, 0.1) is 13.0 Å². The van der Waals surface area contributed by atoms with Gasteiger partial charge in [-0.3, -0.25) is 14.1 Å². The molecule has 2 N–H and O–H groups in total. The molecule has 0 saturated carbocycles. The first-order valence-corrected chi connectivity index (χ1v) is 6.14. The first-order valence-electron chi connectivity index (χ1n) is 4.63. The van der Waals surface area contributed by atoms with E-state index in [9.17, 15) is 18.0 Å². The second-order valence-electron chi connectivity index (χ2n) is 3.12. The Balaban J connectivity index is -0.00000112. The van der Waals surface area contributed by atoms with Crippen molar-refractivity contribution in [3.63, 3.8) is 0 Å². The van der Waals surface area contributed by atoms with Gasteiger partial charge in [0.1, 0.15) is 0 Å². The van der Waals surface area contributed by atoms with Crippen LogP contribution in [0.4, 0.5) is 0 Å². The molecule has 0 aromatic heterocycles. The number of unbranched alkanes of at least 4 members (excludes halogenated alkanes) is 1. The zero-order chi connectivity index (χ0) is 12.8. The molecule has 7 nitrogen and oxygen atoms in total. The number of esters is 1. The number of rotatable bonds is 7. The number of carbonyl (C=O) groups excluding carboxylic acids is 1. The van der Waals surface area contributed by atoms with Crippen molar-refractivity contribution in [2.24, 2.45) is 0 Å². The normalized spacial score (nSPS) is 11.7. The number of hydrogen-bond donors (Lipinski definition) is 2. The summed E-state index contributed by atoms with van der Waals surface area (Å²) < 4.78 is 34.7.